The number of halogens is 3. The van der Waals surface area contributed by atoms with Gasteiger partial charge in [0.2, 0.25) is 0 Å². The van der Waals surface area contributed by atoms with Crippen molar-refractivity contribution in [1.82, 2.24) is 0 Å². The molecule has 0 aliphatic carbocycles. The summed E-state index contributed by atoms with van der Waals surface area (Å²) in [5.41, 5.74) is -2.42. The van der Waals surface area contributed by atoms with Crippen molar-refractivity contribution in [2.45, 2.75) is 48.0 Å². The number of alkyl halides is 3. The van der Waals surface area contributed by atoms with Crippen molar-refractivity contribution < 1.29 is 31.4 Å². The second kappa shape index (κ2) is 5.11. The summed E-state index contributed by atoms with van der Waals surface area (Å²) in [5, 5.41) is 9.48. The van der Waals surface area contributed by atoms with Gasteiger partial charge in [-0.1, -0.05) is 6.07 Å². The summed E-state index contributed by atoms with van der Waals surface area (Å²) in [6.07, 6.45) is -3.82. The molecule has 0 spiro atoms. The lowest BCUT2D eigenvalue weighted by atomic mass is 9.85. The standard InChI is InChI=1S/C15H17F3O4S/c1-22-13-5-2-9(6-12(13)15(16,17)18)14(19)7-10-3-4-11(8-14)23(10,20)21/h2,5-6,10-11,19H,3-4,7-8H2,1H3. The number of methoxy groups -OCH3 is 1. The number of hydrogen-bond donors (Lipinski definition) is 1. The SMILES string of the molecule is COc1ccc(C2(O)CC3CCC(C2)S3(=O)=O)cc1C(F)(F)F. The van der Waals surface area contributed by atoms with Crippen molar-refractivity contribution in [3.05, 3.63) is 29.3 Å². The highest BCUT2D eigenvalue weighted by Crippen LogP contribution is 2.49. The molecule has 2 aliphatic heterocycles. The Hall–Kier alpha value is -1.28. The van der Waals surface area contributed by atoms with Crippen molar-refractivity contribution in [3.63, 3.8) is 0 Å². The molecule has 128 valence electrons. The Bertz CT molecular complexity index is 707. The molecule has 8 heteroatoms. The van der Waals surface area contributed by atoms with Gasteiger partial charge in [0.15, 0.2) is 9.84 Å². The molecule has 1 aromatic rings. The van der Waals surface area contributed by atoms with Crippen LogP contribution in [0.4, 0.5) is 13.2 Å². The Balaban J connectivity index is 2.03. The minimum absolute atomic E-state index is 0.0601. The highest BCUT2D eigenvalue weighted by atomic mass is 32.2. The summed E-state index contributed by atoms with van der Waals surface area (Å²) >= 11 is 0. The predicted molar refractivity (Wildman–Crippen MR) is 76.9 cm³/mol. The number of ether oxygens (including phenoxy) is 1. The zero-order valence-corrected chi connectivity index (χ0v) is 13.2. The van der Waals surface area contributed by atoms with Gasteiger partial charge in [0.1, 0.15) is 5.75 Å². The molecule has 3 rings (SSSR count). The Labute approximate surface area is 132 Å². The number of sulfone groups is 1. The molecule has 2 fully saturated rings. The zero-order chi connectivity index (χ0) is 17.0. The molecular weight excluding hydrogens is 333 g/mol. The number of hydrogen-bond acceptors (Lipinski definition) is 4. The van der Waals surface area contributed by atoms with Crippen LogP contribution >= 0.6 is 0 Å². The molecule has 0 aromatic heterocycles. The zero-order valence-electron chi connectivity index (χ0n) is 12.4. The van der Waals surface area contributed by atoms with Gasteiger partial charge in [0.05, 0.1) is 28.8 Å². The third-order valence-corrected chi connectivity index (χ3v) is 7.58. The Morgan fingerprint density at radius 1 is 1.22 bits per heavy atom. The molecule has 2 heterocycles. The Morgan fingerprint density at radius 2 is 1.78 bits per heavy atom. The van der Waals surface area contributed by atoms with E-state index in [-0.39, 0.29) is 24.2 Å². The van der Waals surface area contributed by atoms with E-state index < -0.39 is 37.7 Å². The Kier molecular flexibility index (Phi) is 3.68. The van der Waals surface area contributed by atoms with Gasteiger partial charge in [-0.15, -0.1) is 0 Å². The van der Waals surface area contributed by atoms with Crippen LogP contribution in [0, 0.1) is 0 Å². The lowest BCUT2D eigenvalue weighted by molar-refractivity contribution is -0.139. The summed E-state index contributed by atoms with van der Waals surface area (Å²) in [6.45, 7) is 0. The van der Waals surface area contributed by atoms with Crippen molar-refractivity contribution >= 4 is 9.84 Å². The van der Waals surface area contributed by atoms with Crippen LogP contribution in [0.2, 0.25) is 0 Å². The molecule has 4 nitrogen and oxygen atoms in total. The van der Waals surface area contributed by atoms with E-state index in [0.29, 0.717) is 12.8 Å². The molecule has 0 amide bonds. The van der Waals surface area contributed by atoms with Crippen LogP contribution in [0.15, 0.2) is 18.2 Å². The van der Waals surface area contributed by atoms with E-state index >= 15 is 0 Å². The third kappa shape index (κ3) is 2.61. The van der Waals surface area contributed by atoms with E-state index in [2.05, 4.69) is 0 Å². The van der Waals surface area contributed by atoms with Crippen molar-refractivity contribution in [3.8, 4) is 5.75 Å². The van der Waals surface area contributed by atoms with Gasteiger partial charge in [-0.25, -0.2) is 8.42 Å². The van der Waals surface area contributed by atoms with Crippen LogP contribution in [-0.2, 0) is 21.6 Å². The first-order valence-electron chi connectivity index (χ1n) is 7.29. The molecule has 0 radical (unpaired) electrons. The fourth-order valence-corrected chi connectivity index (χ4v) is 6.19. The first-order chi connectivity index (χ1) is 10.6. The first kappa shape index (κ1) is 16.6. The van der Waals surface area contributed by atoms with Crippen molar-refractivity contribution in [1.29, 1.82) is 0 Å². The first-order valence-corrected chi connectivity index (χ1v) is 8.90. The van der Waals surface area contributed by atoms with Crippen molar-refractivity contribution in [2.75, 3.05) is 7.11 Å². The average Bonchev–Trinajstić information content (AvgIpc) is 2.65. The van der Waals surface area contributed by atoms with E-state index in [1.807, 2.05) is 0 Å². The molecule has 1 aromatic carbocycles. The van der Waals surface area contributed by atoms with Gasteiger partial charge in [0.25, 0.3) is 0 Å². The molecule has 0 saturated carbocycles. The Morgan fingerprint density at radius 3 is 2.26 bits per heavy atom. The van der Waals surface area contributed by atoms with Gasteiger partial charge in [-0.3, -0.25) is 0 Å². The fourth-order valence-electron chi connectivity index (χ4n) is 3.70. The lowest BCUT2D eigenvalue weighted by Gasteiger charge is -2.37. The summed E-state index contributed by atoms with van der Waals surface area (Å²) in [6, 6.07) is 3.42. The maximum absolute atomic E-state index is 13.1. The molecule has 2 saturated heterocycles. The van der Waals surface area contributed by atoms with E-state index in [4.69, 9.17) is 4.74 Å². The van der Waals surface area contributed by atoms with E-state index in [1.165, 1.54) is 12.1 Å². The molecular formula is C15H17F3O4S. The number of aliphatic hydroxyl groups is 1. The van der Waals surface area contributed by atoms with Crippen LogP contribution in [0.25, 0.3) is 0 Å². The molecule has 2 bridgehead atoms. The van der Waals surface area contributed by atoms with Gasteiger partial charge >= 0.3 is 6.18 Å². The predicted octanol–water partition coefficient (Wildman–Crippen LogP) is 2.64. The second-order valence-electron chi connectivity index (χ2n) is 6.26. The third-order valence-electron chi connectivity index (χ3n) is 4.91. The minimum atomic E-state index is -4.61. The van der Waals surface area contributed by atoms with Crippen LogP contribution < -0.4 is 4.74 Å². The summed E-state index contributed by atoms with van der Waals surface area (Å²) < 4.78 is 68.4. The van der Waals surface area contributed by atoms with Crippen LogP contribution in [0.5, 0.6) is 5.75 Å². The van der Waals surface area contributed by atoms with Gasteiger partial charge < -0.3 is 9.84 Å². The lowest BCUT2D eigenvalue weighted by Crippen LogP contribution is -2.43. The largest absolute Gasteiger partial charge is 0.496 e. The van der Waals surface area contributed by atoms with Gasteiger partial charge in [0, 0.05) is 0 Å². The monoisotopic (exact) mass is 350 g/mol. The minimum Gasteiger partial charge on any atom is -0.496 e. The summed E-state index contributed by atoms with van der Waals surface area (Å²) in [7, 11) is -2.12. The molecule has 2 aliphatic rings. The second-order valence-corrected chi connectivity index (χ2v) is 8.77. The normalized spacial score (nSPS) is 32.7. The quantitative estimate of drug-likeness (QED) is 0.891. The topological polar surface area (TPSA) is 63.6 Å². The van der Waals surface area contributed by atoms with Crippen LogP contribution in [0.1, 0.15) is 36.8 Å². The summed E-state index contributed by atoms with van der Waals surface area (Å²) in [4.78, 5) is 0. The molecule has 23 heavy (non-hydrogen) atoms. The van der Waals surface area contributed by atoms with Gasteiger partial charge in [-0.2, -0.15) is 13.2 Å². The number of benzene rings is 1. The van der Waals surface area contributed by atoms with E-state index in [9.17, 15) is 26.7 Å². The van der Waals surface area contributed by atoms with Crippen LogP contribution in [0.3, 0.4) is 0 Å². The van der Waals surface area contributed by atoms with Gasteiger partial charge in [-0.05, 0) is 43.4 Å². The van der Waals surface area contributed by atoms with Crippen molar-refractivity contribution in [2.24, 2.45) is 0 Å². The number of rotatable bonds is 2. The van der Waals surface area contributed by atoms with E-state index in [1.54, 1.807) is 0 Å². The maximum Gasteiger partial charge on any atom is 0.419 e. The molecule has 2 unspecified atom stereocenters. The van der Waals surface area contributed by atoms with E-state index in [0.717, 1.165) is 13.2 Å². The fraction of sp³-hybridized carbons (Fsp3) is 0.600. The number of fused-ring (bicyclic) bond motifs is 2. The highest BCUT2D eigenvalue weighted by molar-refractivity contribution is 7.93. The molecule has 2 atom stereocenters. The van der Waals surface area contributed by atoms with Crippen LogP contribution in [-0.4, -0.2) is 31.1 Å². The summed E-state index contributed by atoms with van der Waals surface area (Å²) in [5.74, 6) is -0.323. The maximum atomic E-state index is 13.1. The average molecular weight is 350 g/mol. The molecule has 1 N–H and O–H groups in total. The highest BCUT2D eigenvalue weighted by Gasteiger charge is 2.53. The smallest absolute Gasteiger partial charge is 0.419 e.